The lowest BCUT2D eigenvalue weighted by Crippen LogP contribution is -2.04. The van der Waals surface area contributed by atoms with Crippen LogP contribution in [0, 0.1) is 0 Å². The Labute approximate surface area is 97.0 Å². The number of fused-ring (bicyclic) bond motifs is 1. The van der Waals surface area contributed by atoms with Crippen LogP contribution in [0.3, 0.4) is 0 Å². The molecule has 2 rings (SSSR count). The van der Waals surface area contributed by atoms with Crippen LogP contribution in [0.4, 0.5) is 0 Å². The van der Waals surface area contributed by atoms with Crippen molar-refractivity contribution in [2.45, 2.75) is 20.4 Å². The van der Waals surface area contributed by atoms with Crippen LogP contribution in [0.2, 0.25) is 0 Å². The van der Waals surface area contributed by atoms with E-state index in [-0.39, 0.29) is 5.78 Å². The van der Waals surface area contributed by atoms with Gasteiger partial charge in [-0.1, -0.05) is 22.0 Å². The van der Waals surface area contributed by atoms with Gasteiger partial charge in [-0.3, -0.25) is 4.79 Å². The Morgan fingerprint density at radius 2 is 2.13 bits per heavy atom. The Morgan fingerprint density at radius 1 is 1.40 bits per heavy atom. The molecule has 0 saturated carbocycles. The Kier molecular flexibility index (Phi) is 2.65. The average Bonchev–Trinajstić information content (AvgIpc) is 2.55. The fourth-order valence-electron chi connectivity index (χ4n) is 1.86. The Hall–Kier alpha value is -1.09. The van der Waals surface area contributed by atoms with Crippen LogP contribution in [-0.2, 0) is 6.54 Å². The number of ketones is 1. The number of carbonyl (C=O) groups is 1. The molecule has 0 bridgehead atoms. The molecule has 2 nitrogen and oxygen atoms in total. The topological polar surface area (TPSA) is 22.0 Å². The molecule has 78 valence electrons. The first-order chi connectivity index (χ1) is 7.13. The van der Waals surface area contributed by atoms with Crippen molar-refractivity contribution in [3.63, 3.8) is 0 Å². The minimum atomic E-state index is 0.115. The van der Waals surface area contributed by atoms with Crippen molar-refractivity contribution in [2.75, 3.05) is 0 Å². The van der Waals surface area contributed by atoms with E-state index < -0.39 is 0 Å². The fraction of sp³-hybridized carbons (Fsp3) is 0.250. The molecule has 15 heavy (non-hydrogen) atoms. The van der Waals surface area contributed by atoms with Gasteiger partial charge in [-0.2, -0.15) is 0 Å². The molecule has 0 aliphatic rings. The molecular weight excluding hydrogens is 254 g/mol. The van der Waals surface area contributed by atoms with Gasteiger partial charge in [0.1, 0.15) is 0 Å². The zero-order chi connectivity index (χ0) is 11.0. The van der Waals surface area contributed by atoms with Gasteiger partial charge in [0.15, 0.2) is 5.78 Å². The number of Topliss-reactive ketones (excluding diaryl/α,β-unsaturated/α-hetero) is 1. The van der Waals surface area contributed by atoms with Crippen LogP contribution in [0.25, 0.3) is 10.9 Å². The number of benzene rings is 1. The molecule has 0 unspecified atom stereocenters. The molecule has 1 aromatic heterocycles. The predicted molar refractivity (Wildman–Crippen MR) is 65.3 cm³/mol. The molecule has 0 saturated heterocycles. The second-order valence-electron chi connectivity index (χ2n) is 3.53. The highest BCUT2D eigenvalue weighted by Crippen LogP contribution is 2.24. The summed E-state index contributed by atoms with van der Waals surface area (Å²) >= 11 is 3.44. The van der Waals surface area contributed by atoms with Gasteiger partial charge in [0.25, 0.3) is 0 Å². The summed E-state index contributed by atoms with van der Waals surface area (Å²) in [7, 11) is 0. The third kappa shape index (κ3) is 1.72. The average molecular weight is 266 g/mol. The largest absolute Gasteiger partial charge is 0.338 e. The normalized spacial score (nSPS) is 10.9. The number of hydrogen-bond acceptors (Lipinski definition) is 1. The maximum absolute atomic E-state index is 11.4. The summed E-state index contributed by atoms with van der Waals surface area (Å²) in [5.74, 6) is 0.115. The minimum absolute atomic E-state index is 0.115. The van der Waals surface area contributed by atoms with Crippen molar-refractivity contribution in [3.05, 3.63) is 34.4 Å². The summed E-state index contributed by atoms with van der Waals surface area (Å²) in [6.45, 7) is 4.47. The monoisotopic (exact) mass is 265 g/mol. The molecule has 2 aromatic rings. The molecule has 0 aliphatic heterocycles. The van der Waals surface area contributed by atoms with E-state index in [1.54, 1.807) is 6.92 Å². The molecule has 1 aromatic carbocycles. The van der Waals surface area contributed by atoms with Gasteiger partial charge in [-0.25, -0.2) is 0 Å². The van der Waals surface area contributed by atoms with Crippen molar-refractivity contribution < 1.29 is 4.79 Å². The third-order valence-electron chi connectivity index (χ3n) is 2.54. The van der Waals surface area contributed by atoms with Crippen molar-refractivity contribution in [3.8, 4) is 0 Å². The first kappa shape index (κ1) is 10.4. The van der Waals surface area contributed by atoms with E-state index >= 15 is 0 Å². The van der Waals surface area contributed by atoms with Gasteiger partial charge < -0.3 is 4.57 Å². The second-order valence-corrected chi connectivity index (χ2v) is 4.45. The van der Waals surface area contributed by atoms with Crippen molar-refractivity contribution in [1.82, 2.24) is 4.57 Å². The summed E-state index contributed by atoms with van der Waals surface area (Å²) in [4.78, 5) is 11.4. The number of nitrogens with zero attached hydrogens (tertiary/aromatic N) is 1. The van der Waals surface area contributed by atoms with Gasteiger partial charge >= 0.3 is 0 Å². The predicted octanol–water partition coefficient (Wildman–Crippen LogP) is 3.63. The van der Waals surface area contributed by atoms with Gasteiger partial charge in [0.05, 0.1) is 5.69 Å². The van der Waals surface area contributed by atoms with E-state index in [1.165, 1.54) is 0 Å². The summed E-state index contributed by atoms with van der Waals surface area (Å²) in [6, 6.07) is 8.02. The van der Waals surface area contributed by atoms with E-state index in [2.05, 4.69) is 15.9 Å². The zero-order valence-electron chi connectivity index (χ0n) is 8.75. The van der Waals surface area contributed by atoms with Crippen LogP contribution in [0.15, 0.2) is 28.7 Å². The van der Waals surface area contributed by atoms with Crippen LogP contribution in [-0.4, -0.2) is 10.4 Å². The highest BCUT2D eigenvalue weighted by Gasteiger charge is 2.10. The van der Waals surface area contributed by atoms with Gasteiger partial charge in [0, 0.05) is 28.8 Å². The number of hydrogen-bond donors (Lipinski definition) is 0. The second kappa shape index (κ2) is 3.81. The summed E-state index contributed by atoms with van der Waals surface area (Å²) in [6.07, 6.45) is 0. The highest BCUT2D eigenvalue weighted by atomic mass is 79.9. The van der Waals surface area contributed by atoms with Crippen LogP contribution < -0.4 is 0 Å². The van der Waals surface area contributed by atoms with E-state index in [1.807, 2.05) is 35.8 Å². The Balaban J connectivity index is 2.79. The zero-order valence-corrected chi connectivity index (χ0v) is 10.3. The van der Waals surface area contributed by atoms with Crippen molar-refractivity contribution >= 4 is 32.6 Å². The smallest absolute Gasteiger partial charge is 0.176 e. The van der Waals surface area contributed by atoms with E-state index in [0.717, 1.165) is 27.6 Å². The lowest BCUT2D eigenvalue weighted by Gasteiger charge is -2.04. The van der Waals surface area contributed by atoms with Gasteiger partial charge in [-0.15, -0.1) is 0 Å². The Morgan fingerprint density at radius 3 is 2.73 bits per heavy atom. The van der Waals surface area contributed by atoms with E-state index in [4.69, 9.17) is 0 Å². The molecule has 0 radical (unpaired) electrons. The molecule has 0 atom stereocenters. The first-order valence-electron chi connectivity index (χ1n) is 4.93. The van der Waals surface area contributed by atoms with Gasteiger partial charge in [0.2, 0.25) is 0 Å². The van der Waals surface area contributed by atoms with Gasteiger partial charge in [-0.05, 0) is 25.1 Å². The molecule has 1 heterocycles. The van der Waals surface area contributed by atoms with Crippen molar-refractivity contribution in [1.29, 1.82) is 0 Å². The molecule has 0 fully saturated rings. The summed E-state index contributed by atoms with van der Waals surface area (Å²) in [5.41, 5.74) is 1.89. The highest BCUT2D eigenvalue weighted by molar-refractivity contribution is 9.10. The molecule has 0 spiro atoms. The molecule has 0 N–H and O–H groups in total. The summed E-state index contributed by atoms with van der Waals surface area (Å²) < 4.78 is 3.08. The van der Waals surface area contributed by atoms with Crippen molar-refractivity contribution in [2.24, 2.45) is 0 Å². The third-order valence-corrected chi connectivity index (χ3v) is 3.04. The first-order valence-corrected chi connectivity index (χ1v) is 5.72. The van der Waals surface area contributed by atoms with E-state index in [9.17, 15) is 4.79 Å². The number of halogens is 1. The lowest BCUT2D eigenvalue weighted by atomic mass is 10.2. The lowest BCUT2D eigenvalue weighted by molar-refractivity contribution is 0.100. The minimum Gasteiger partial charge on any atom is -0.338 e. The van der Waals surface area contributed by atoms with Crippen LogP contribution in [0.1, 0.15) is 24.3 Å². The number of carbonyl (C=O) groups excluding carboxylic acids is 1. The quantitative estimate of drug-likeness (QED) is 0.761. The van der Waals surface area contributed by atoms with Crippen LogP contribution >= 0.6 is 15.9 Å². The SMILES string of the molecule is CCn1c(C(C)=O)cc2ccc(Br)cc21. The maximum Gasteiger partial charge on any atom is 0.176 e. The van der Waals surface area contributed by atoms with E-state index in [0.29, 0.717) is 0 Å². The molecular formula is C12H12BrNO. The molecule has 3 heteroatoms. The Bertz CT molecular complexity index is 528. The maximum atomic E-state index is 11.4. The number of rotatable bonds is 2. The molecule has 0 aliphatic carbocycles. The number of aromatic nitrogens is 1. The molecule has 0 amide bonds. The fourth-order valence-corrected chi connectivity index (χ4v) is 2.21. The summed E-state index contributed by atoms with van der Waals surface area (Å²) in [5, 5.41) is 1.12. The van der Waals surface area contributed by atoms with Crippen LogP contribution in [0.5, 0.6) is 0 Å². The standard InChI is InChI=1S/C12H12BrNO/c1-3-14-11(8(2)15)6-9-4-5-10(13)7-12(9)14/h4-7H,3H2,1-2H3. The number of aryl methyl sites for hydroxylation is 1.